The van der Waals surface area contributed by atoms with Gasteiger partial charge in [0, 0.05) is 5.69 Å². The van der Waals surface area contributed by atoms with Crippen molar-refractivity contribution in [2.24, 2.45) is 0 Å². The average molecular weight is 646 g/mol. The molecule has 1 fully saturated rings. The number of sulfonamides is 1. The Hall–Kier alpha value is -4.16. The Bertz CT molecular complexity index is 1850. The molecule has 244 valence electrons. The van der Waals surface area contributed by atoms with Gasteiger partial charge in [-0.1, -0.05) is 51.5 Å². The number of rotatable bonds is 7. The largest absolute Gasteiger partial charge is 0.484 e. The number of ether oxygens (including phenoxy) is 1. The predicted octanol–water partition coefficient (Wildman–Crippen LogP) is 6.33. The topological polar surface area (TPSA) is 130 Å². The first-order chi connectivity index (χ1) is 21.8. The van der Waals surface area contributed by atoms with E-state index in [0.29, 0.717) is 24.2 Å². The van der Waals surface area contributed by atoms with Gasteiger partial charge in [-0.25, -0.2) is 13.2 Å². The van der Waals surface area contributed by atoms with E-state index in [1.165, 1.54) is 12.8 Å². The fourth-order valence-corrected chi connectivity index (χ4v) is 7.05. The lowest BCUT2D eigenvalue weighted by Gasteiger charge is -2.32. The first kappa shape index (κ1) is 31.8. The van der Waals surface area contributed by atoms with Crippen LogP contribution in [-0.4, -0.2) is 53.8 Å². The molecule has 1 saturated heterocycles. The van der Waals surface area contributed by atoms with E-state index in [4.69, 9.17) is 4.74 Å². The number of hydrogen-bond acceptors (Lipinski definition) is 7. The summed E-state index contributed by atoms with van der Waals surface area (Å²) in [5.74, 6) is 1.68. The Morgan fingerprint density at radius 2 is 1.72 bits per heavy atom. The first-order valence-corrected chi connectivity index (χ1v) is 17.7. The van der Waals surface area contributed by atoms with Crippen LogP contribution < -0.4 is 20.1 Å². The number of benzene rings is 2. The molecule has 11 nitrogen and oxygen atoms in total. The van der Waals surface area contributed by atoms with Crippen LogP contribution in [0.15, 0.2) is 60.8 Å². The fourth-order valence-electron chi connectivity index (χ4n) is 6.51. The number of carbonyl (C=O) groups is 1. The highest BCUT2D eigenvalue weighted by Crippen LogP contribution is 2.39. The number of anilines is 2. The molecule has 0 radical (unpaired) electrons. The first-order valence-electron chi connectivity index (χ1n) is 15.9. The number of nitrogens with zero attached hydrogens (tertiary/aromatic N) is 4. The van der Waals surface area contributed by atoms with Crippen molar-refractivity contribution in [3.63, 3.8) is 0 Å². The van der Waals surface area contributed by atoms with E-state index in [0.717, 1.165) is 53.1 Å². The van der Waals surface area contributed by atoms with Gasteiger partial charge in [-0.05, 0) is 91.7 Å². The minimum absolute atomic E-state index is 0.180. The third-order valence-corrected chi connectivity index (χ3v) is 9.46. The van der Waals surface area contributed by atoms with E-state index in [9.17, 15) is 13.2 Å². The van der Waals surface area contributed by atoms with Crippen molar-refractivity contribution in [1.29, 1.82) is 0 Å². The summed E-state index contributed by atoms with van der Waals surface area (Å²) in [6.07, 6.45) is 7.75. The van der Waals surface area contributed by atoms with Crippen LogP contribution in [0, 0.1) is 0 Å². The van der Waals surface area contributed by atoms with Crippen LogP contribution in [-0.2, 0) is 15.4 Å². The maximum absolute atomic E-state index is 13.3. The van der Waals surface area contributed by atoms with Crippen molar-refractivity contribution in [2.75, 3.05) is 29.9 Å². The van der Waals surface area contributed by atoms with Gasteiger partial charge in [0.2, 0.25) is 10.0 Å². The van der Waals surface area contributed by atoms with E-state index < -0.39 is 10.0 Å². The zero-order chi connectivity index (χ0) is 32.6. The molecule has 3 heterocycles. The fraction of sp³-hybridized carbons (Fsp3) is 0.441. The van der Waals surface area contributed by atoms with Gasteiger partial charge in [-0.3, -0.25) is 14.0 Å². The molecule has 0 spiro atoms. The summed E-state index contributed by atoms with van der Waals surface area (Å²) in [6.45, 7) is 7.15. The van der Waals surface area contributed by atoms with Crippen LogP contribution in [0.2, 0.25) is 0 Å². The highest BCUT2D eigenvalue weighted by Gasteiger charge is 2.30. The number of nitrogens with one attached hydrogen (secondary N) is 3. The Morgan fingerprint density at radius 1 is 0.957 bits per heavy atom. The molecule has 2 amide bonds. The van der Waals surface area contributed by atoms with Crippen LogP contribution in [0.1, 0.15) is 93.6 Å². The van der Waals surface area contributed by atoms with Gasteiger partial charge in [-0.15, -0.1) is 10.2 Å². The molecule has 4 aromatic rings. The van der Waals surface area contributed by atoms with E-state index in [1.807, 2.05) is 63.4 Å². The Morgan fingerprint density at radius 3 is 2.46 bits per heavy atom. The van der Waals surface area contributed by atoms with Crippen molar-refractivity contribution in [2.45, 2.75) is 76.5 Å². The quantitative estimate of drug-likeness (QED) is 0.214. The van der Waals surface area contributed by atoms with Crippen molar-refractivity contribution in [3.05, 3.63) is 83.3 Å². The lowest BCUT2D eigenvalue weighted by atomic mass is 9.85. The number of likely N-dealkylation sites (tertiary alicyclic amines) is 1. The highest BCUT2D eigenvalue weighted by molar-refractivity contribution is 7.92. The number of hydrogen-bond donors (Lipinski definition) is 3. The average Bonchev–Trinajstić information content (AvgIpc) is 3.40. The summed E-state index contributed by atoms with van der Waals surface area (Å²) in [5, 5.41) is 15.0. The van der Waals surface area contributed by atoms with Gasteiger partial charge in [0.1, 0.15) is 11.9 Å². The molecule has 12 heteroatoms. The molecule has 2 aliphatic rings. The molecule has 1 aliphatic heterocycles. The SMILES string of the molecule is CN1CCCCC1c1nnc2ccc(O[C@@H]3CC[C@H](NC(=O)Nc4cc(NS(C)(=O)=O)cc(C(C)(C)C)c4)c4ccccc43)cn12. The maximum atomic E-state index is 13.3. The van der Waals surface area contributed by atoms with Gasteiger partial charge in [0.15, 0.2) is 11.5 Å². The monoisotopic (exact) mass is 645 g/mol. The Balaban J connectivity index is 1.18. The van der Waals surface area contributed by atoms with Gasteiger partial charge in [0.25, 0.3) is 0 Å². The van der Waals surface area contributed by atoms with Crippen LogP contribution >= 0.6 is 0 Å². The highest BCUT2D eigenvalue weighted by atomic mass is 32.2. The van der Waals surface area contributed by atoms with Gasteiger partial charge in [0.05, 0.1) is 30.2 Å². The summed E-state index contributed by atoms with van der Waals surface area (Å²) in [6, 6.07) is 16.9. The molecular formula is C34H43N7O4S. The van der Waals surface area contributed by atoms with Crippen LogP contribution in [0.25, 0.3) is 5.65 Å². The molecule has 2 aromatic heterocycles. The summed E-state index contributed by atoms with van der Waals surface area (Å²) >= 11 is 0. The summed E-state index contributed by atoms with van der Waals surface area (Å²) in [4.78, 5) is 15.6. The summed E-state index contributed by atoms with van der Waals surface area (Å²) in [5.41, 5.74) is 4.37. The van der Waals surface area contributed by atoms with E-state index in [-0.39, 0.29) is 29.6 Å². The number of fused-ring (bicyclic) bond motifs is 2. The van der Waals surface area contributed by atoms with Gasteiger partial charge >= 0.3 is 6.03 Å². The molecule has 1 unspecified atom stereocenters. The van der Waals surface area contributed by atoms with Gasteiger partial charge < -0.3 is 15.4 Å². The van der Waals surface area contributed by atoms with Gasteiger partial charge in [-0.2, -0.15) is 0 Å². The van der Waals surface area contributed by atoms with Crippen molar-refractivity contribution >= 4 is 33.1 Å². The van der Waals surface area contributed by atoms with Crippen LogP contribution in [0.3, 0.4) is 0 Å². The zero-order valence-corrected chi connectivity index (χ0v) is 27.9. The predicted molar refractivity (Wildman–Crippen MR) is 180 cm³/mol. The number of amides is 2. The molecule has 6 rings (SSSR count). The molecule has 3 atom stereocenters. The number of carbonyl (C=O) groups excluding carboxylic acids is 1. The summed E-state index contributed by atoms with van der Waals surface area (Å²) < 4.78 is 35.0. The smallest absolute Gasteiger partial charge is 0.319 e. The number of piperidine rings is 1. The Kier molecular flexibility index (Phi) is 8.68. The molecular weight excluding hydrogens is 602 g/mol. The summed E-state index contributed by atoms with van der Waals surface area (Å²) in [7, 11) is -1.34. The molecule has 46 heavy (non-hydrogen) atoms. The molecule has 3 N–H and O–H groups in total. The van der Waals surface area contributed by atoms with Crippen molar-refractivity contribution < 1.29 is 17.9 Å². The van der Waals surface area contributed by atoms with E-state index >= 15 is 0 Å². The molecule has 2 aromatic carbocycles. The lowest BCUT2D eigenvalue weighted by Crippen LogP contribution is -2.35. The third kappa shape index (κ3) is 7.13. The number of pyridine rings is 1. The zero-order valence-electron chi connectivity index (χ0n) is 27.1. The second-order valence-corrected chi connectivity index (χ2v) is 15.3. The molecule has 0 bridgehead atoms. The normalized spacial score (nSPS) is 20.6. The molecule has 0 saturated carbocycles. The second-order valence-electron chi connectivity index (χ2n) is 13.5. The van der Waals surface area contributed by atoms with Crippen LogP contribution in [0.5, 0.6) is 5.75 Å². The maximum Gasteiger partial charge on any atom is 0.319 e. The minimum Gasteiger partial charge on any atom is -0.484 e. The number of urea groups is 1. The van der Waals surface area contributed by atoms with E-state index in [2.05, 4.69) is 48.0 Å². The number of aromatic nitrogens is 3. The molecule has 1 aliphatic carbocycles. The lowest BCUT2D eigenvalue weighted by molar-refractivity contribution is 0.170. The second kappa shape index (κ2) is 12.6. The Labute approximate surface area is 270 Å². The minimum atomic E-state index is -3.49. The van der Waals surface area contributed by atoms with E-state index in [1.54, 1.807) is 12.1 Å². The van der Waals surface area contributed by atoms with Crippen molar-refractivity contribution in [1.82, 2.24) is 24.8 Å². The van der Waals surface area contributed by atoms with Crippen molar-refractivity contribution in [3.8, 4) is 5.75 Å². The van der Waals surface area contributed by atoms with Crippen LogP contribution in [0.4, 0.5) is 16.2 Å². The standard InChI is InChI=1S/C34H43N7O4S/c1-34(2,3)22-18-23(20-24(19-22)39-46(5,43)44)35-33(42)36-28-14-15-30(27-11-7-6-10-26(27)28)45-25-13-16-31-37-38-32(41(31)21-25)29-12-8-9-17-40(29)4/h6-7,10-11,13,16,18-21,28-30,39H,8-9,12,14-15,17H2,1-5H3,(H2,35,36,42)/t28-,29?,30+/m0/s1. The third-order valence-electron chi connectivity index (χ3n) is 8.85.